The van der Waals surface area contributed by atoms with Crippen molar-refractivity contribution in [3.05, 3.63) is 65.2 Å². The lowest BCUT2D eigenvalue weighted by molar-refractivity contribution is 0.0761. The van der Waals surface area contributed by atoms with Crippen LogP contribution in [0.1, 0.15) is 27.4 Å². The van der Waals surface area contributed by atoms with Crippen LogP contribution >= 0.6 is 0 Å². The zero-order valence-corrected chi connectivity index (χ0v) is 13.6. The molecule has 0 saturated heterocycles. The smallest absolute Gasteiger partial charge is 0.257 e. The van der Waals surface area contributed by atoms with Crippen molar-refractivity contribution in [1.82, 2.24) is 15.1 Å². The molecular formula is C19H19N3O2. The molecule has 24 heavy (non-hydrogen) atoms. The van der Waals surface area contributed by atoms with Gasteiger partial charge in [0.25, 0.3) is 5.91 Å². The summed E-state index contributed by atoms with van der Waals surface area (Å²) >= 11 is 0. The van der Waals surface area contributed by atoms with Gasteiger partial charge in [-0.25, -0.2) is 0 Å². The monoisotopic (exact) mass is 321 g/mol. The van der Waals surface area contributed by atoms with Crippen molar-refractivity contribution in [2.45, 2.75) is 19.8 Å². The fourth-order valence-corrected chi connectivity index (χ4v) is 3.30. The Morgan fingerprint density at radius 3 is 2.71 bits per heavy atom. The number of carbonyl (C=O) groups excluding carboxylic acids is 1. The third-order valence-electron chi connectivity index (χ3n) is 4.64. The van der Waals surface area contributed by atoms with E-state index in [1.165, 1.54) is 5.56 Å². The standard InChI is InChI=1S/C19H19N3O2/c1-13-15(9-12-24-13)19(23)22-10-7-16-17(8-11-22)20-21-18(16)14-5-3-2-4-6-14/h2-6,9,12H,7-8,10-11H2,1H3,(H,20,21). The summed E-state index contributed by atoms with van der Waals surface area (Å²) in [6, 6.07) is 11.9. The van der Waals surface area contributed by atoms with Gasteiger partial charge >= 0.3 is 0 Å². The molecule has 0 bridgehead atoms. The van der Waals surface area contributed by atoms with Gasteiger partial charge in [-0.2, -0.15) is 5.10 Å². The minimum atomic E-state index is 0.0422. The van der Waals surface area contributed by atoms with E-state index in [4.69, 9.17) is 4.42 Å². The van der Waals surface area contributed by atoms with Gasteiger partial charge in [-0.15, -0.1) is 0 Å². The molecule has 0 spiro atoms. The number of aryl methyl sites for hydroxylation is 1. The van der Waals surface area contributed by atoms with Crippen molar-refractivity contribution >= 4 is 5.91 Å². The Kier molecular flexibility index (Phi) is 3.69. The number of rotatable bonds is 2. The molecule has 1 amide bonds. The lowest BCUT2D eigenvalue weighted by Gasteiger charge is -2.19. The maximum absolute atomic E-state index is 12.7. The summed E-state index contributed by atoms with van der Waals surface area (Å²) < 4.78 is 5.27. The second-order valence-electron chi connectivity index (χ2n) is 6.08. The van der Waals surface area contributed by atoms with Crippen molar-refractivity contribution < 1.29 is 9.21 Å². The average molecular weight is 321 g/mol. The largest absolute Gasteiger partial charge is 0.469 e. The number of amides is 1. The quantitative estimate of drug-likeness (QED) is 0.788. The maximum atomic E-state index is 12.7. The summed E-state index contributed by atoms with van der Waals surface area (Å²) in [6.07, 6.45) is 3.16. The normalized spacial score (nSPS) is 14.3. The zero-order chi connectivity index (χ0) is 16.5. The van der Waals surface area contributed by atoms with E-state index >= 15 is 0 Å². The van der Waals surface area contributed by atoms with Crippen LogP contribution in [0.2, 0.25) is 0 Å². The van der Waals surface area contributed by atoms with Crippen LogP contribution in [-0.4, -0.2) is 34.1 Å². The Morgan fingerprint density at radius 1 is 1.17 bits per heavy atom. The van der Waals surface area contributed by atoms with E-state index < -0.39 is 0 Å². The number of aromatic amines is 1. The number of furan rings is 1. The molecule has 122 valence electrons. The van der Waals surface area contributed by atoms with E-state index in [2.05, 4.69) is 22.3 Å². The van der Waals surface area contributed by atoms with Crippen LogP contribution in [0.3, 0.4) is 0 Å². The van der Waals surface area contributed by atoms with Crippen molar-refractivity contribution in [1.29, 1.82) is 0 Å². The molecule has 0 aliphatic carbocycles. The third kappa shape index (κ3) is 2.52. The molecule has 3 heterocycles. The molecule has 0 atom stereocenters. The van der Waals surface area contributed by atoms with Gasteiger partial charge in [0.15, 0.2) is 0 Å². The molecule has 0 radical (unpaired) electrons. The summed E-state index contributed by atoms with van der Waals surface area (Å²) in [4.78, 5) is 14.6. The molecule has 0 unspecified atom stereocenters. The third-order valence-corrected chi connectivity index (χ3v) is 4.64. The minimum absolute atomic E-state index is 0.0422. The number of nitrogens with one attached hydrogen (secondary N) is 1. The molecular weight excluding hydrogens is 302 g/mol. The number of aromatic nitrogens is 2. The summed E-state index contributed by atoms with van der Waals surface area (Å²) in [5, 5.41) is 7.66. The molecule has 5 nitrogen and oxygen atoms in total. The summed E-state index contributed by atoms with van der Waals surface area (Å²) in [7, 11) is 0. The van der Waals surface area contributed by atoms with Crippen LogP contribution in [0.15, 0.2) is 47.1 Å². The van der Waals surface area contributed by atoms with Gasteiger partial charge in [0.1, 0.15) is 5.76 Å². The van der Waals surface area contributed by atoms with E-state index in [-0.39, 0.29) is 5.91 Å². The molecule has 1 aromatic carbocycles. The highest BCUT2D eigenvalue weighted by molar-refractivity contribution is 5.95. The Hall–Kier alpha value is -2.82. The molecule has 0 saturated carbocycles. The lowest BCUT2D eigenvalue weighted by Crippen LogP contribution is -2.33. The molecule has 2 aromatic heterocycles. The van der Waals surface area contributed by atoms with Crippen molar-refractivity contribution in [3.8, 4) is 11.3 Å². The van der Waals surface area contributed by atoms with E-state index in [0.717, 1.165) is 29.8 Å². The highest BCUT2D eigenvalue weighted by atomic mass is 16.3. The lowest BCUT2D eigenvalue weighted by atomic mass is 10.0. The van der Waals surface area contributed by atoms with Gasteiger partial charge in [-0.3, -0.25) is 9.89 Å². The first-order valence-corrected chi connectivity index (χ1v) is 8.19. The van der Waals surface area contributed by atoms with Gasteiger partial charge in [0, 0.05) is 36.3 Å². The number of hydrogen-bond acceptors (Lipinski definition) is 3. The van der Waals surface area contributed by atoms with Gasteiger partial charge in [-0.05, 0) is 19.4 Å². The fourth-order valence-electron chi connectivity index (χ4n) is 3.30. The first-order valence-electron chi connectivity index (χ1n) is 8.19. The SMILES string of the molecule is Cc1occc1C(=O)N1CCc2[nH]nc(-c3ccccc3)c2CC1. The Morgan fingerprint density at radius 2 is 1.96 bits per heavy atom. The molecule has 0 fully saturated rings. The van der Waals surface area contributed by atoms with Crippen LogP contribution in [0.5, 0.6) is 0 Å². The van der Waals surface area contributed by atoms with Gasteiger partial charge < -0.3 is 9.32 Å². The summed E-state index contributed by atoms with van der Waals surface area (Å²) in [5.74, 6) is 0.718. The Bertz CT molecular complexity index is 864. The highest BCUT2D eigenvalue weighted by Crippen LogP contribution is 2.27. The first-order chi connectivity index (χ1) is 11.7. The molecule has 1 N–H and O–H groups in total. The van der Waals surface area contributed by atoms with Gasteiger partial charge in [0.05, 0.1) is 17.5 Å². The highest BCUT2D eigenvalue weighted by Gasteiger charge is 2.25. The molecule has 1 aliphatic heterocycles. The predicted molar refractivity (Wildman–Crippen MR) is 90.8 cm³/mol. The Labute approximate surface area is 140 Å². The van der Waals surface area contributed by atoms with Gasteiger partial charge in [-0.1, -0.05) is 30.3 Å². The van der Waals surface area contributed by atoms with Crippen LogP contribution in [-0.2, 0) is 12.8 Å². The van der Waals surface area contributed by atoms with Gasteiger partial charge in [0.2, 0.25) is 0 Å². The molecule has 4 rings (SSSR count). The van der Waals surface area contributed by atoms with Crippen LogP contribution in [0.4, 0.5) is 0 Å². The number of carbonyl (C=O) groups is 1. The maximum Gasteiger partial charge on any atom is 0.257 e. The number of hydrogen-bond donors (Lipinski definition) is 1. The van der Waals surface area contributed by atoms with Crippen molar-refractivity contribution in [2.24, 2.45) is 0 Å². The van der Waals surface area contributed by atoms with E-state index in [9.17, 15) is 4.79 Å². The van der Waals surface area contributed by atoms with Crippen LogP contribution < -0.4 is 0 Å². The molecule has 3 aromatic rings. The minimum Gasteiger partial charge on any atom is -0.469 e. The zero-order valence-electron chi connectivity index (χ0n) is 13.6. The van der Waals surface area contributed by atoms with E-state index in [0.29, 0.717) is 24.4 Å². The second kappa shape index (κ2) is 6.00. The predicted octanol–water partition coefficient (Wildman–Crippen LogP) is 3.22. The van der Waals surface area contributed by atoms with E-state index in [1.54, 1.807) is 12.3 Å². The summed E-state index contributed by atoms with van der Waals surface area (Å²) in [5.41, 5.74) is 5.12. The van der Waals surface area contributed by atoms with Crippen molar-refractivity contribution in [3.63, 3.8) is 0 Å². The fraction of sp³-hybridized carbons (Fsp3) is 0.263. The van der Waals surface area contributed by atoms with Crippen LogP contribution in [0.25, 0.3) is 11.3 Å². The second-order valence-corrected chi connectivity index (χ2v) is 6.08. The number of nitrogens with zero attached hydrogens (tertiary/aromatic N) is 2. The topological polar surface area (TPSA) is 62.1 Å². The van der Waals surface area contributed by atoms with E-state index in [1.807, 2.05) is 30.0 Å². The average Bonchev–Trinajstić information content (AvgIpc) is 3.16. The number of benzene rings is 1. The molecule has 1 aliphatic rings. The summed E-state index contributed by atoms with van der Waals surface area (Å²) in [6.45, 7) is 3.20. The van der Waals surface area contributed by atoms with Crippen LogP contribution in [0, 0.1) is 6.92 Å². The molecule has 5 heteroatoms. The number of H-pyrrole nitrogens is 1. The Balaban J connectivity index is 1.58. The number of fused-ring (bicyclic) bond motifs is 1. The first kappa shape index (κ1) is 14.8. The van der Waals surface area contributed by atoms with Crippen molar-refractivity contribution in [2.75, 3.05) is 13.1 Å².